The summed E-state index contributed by atoms with van der Waals surface area (Å²) < 4.78 is 19.2. The number of para-hydroxylation sites is 1. The summed E-state index contributed by atoms with van der Waals surface area (Å²) in [6.45, 7) is 4.84. The minimum atomic E-state index is -0.445. The zero-order chi connectivity index (χ0) is 20.4. The molecule has 0 bridgehead atoms. The maximum absolute atomic E-state index is 13.8. The van der Waals surface area contributed by atoms with Gasteiger partial charge in [-0.3, -0.25) is 0 Å². The van der Waals surface area contributed by atoms with Crippen molar-refractivity contribution in [2.45, 2.75) is 32.6 Å². The summed E-state index contributed by atoms with van der Waals surface area (Å²) in [7, 11) is 0. The molecule has 1 aromatic carbocycles. The number of nitrogens with zero attached hydrogens (tertiary/aromatic N) is 4. The maximum atomic E-state index is 13.8. The van der Waals surface area contributed by atoms with Crippen LogP contribution in [-0.4, -0.2) is 39.1 Å². The molecule has 4 rings (SSSR count). The Morgan fingerprint density at radius 2 is 2.00 bits per heavy atom. The number of likely N-dealkylation sites (tertiary alicyclic amines) is 1. The van der Waals surface area contributed by atoms with Crippen molar-refractivity contribution in [2.75, 3.05) is 18.4 Å². The van der Waals surface area contributed by atoms with Gasteiger partial charge in [-0.15, -0.1) is 0 Å². The zero-order valence-electron chi connectivity index (χ0n) is 16.4. The van der Waals surface area contributed by atoms with E-state index in [-0.39, 0.29) is 17.6 Å². The Balaban J connectivity index is 1.47. The second-order valence-corrected chi connectivity index (χ2v) is 7.22. The molecule has 3 heterocycles. The van der Waals surface area contributed by atoms with Gasteiger partial charge in [0.05, 0.1) is 22.6 Å². The largest absolute Gasteiger partial charge is 0.356 e. The molecule has 0 unspecified atom stereocenters. The van der Waals surface area contributed by atoms with Gasteiger partial charge >= 0.3 is 6.03 Å². The molecule has 1 N–H and O–H groups in total. The molecular weight excluding hydrogens is 373 g/mol. The highest BCUT2D eigenvalue weighted by atomic mass is 19.1. The summed E-state index contributed by atoms with van der Waals surface area (Å²) in [6, 6.07) is 7.73. The number of aryl methyl sites for hydroxylation is 2. The van der Waals surface area contributed by atoms with Crippen LogP contribution in [0.5, 0.6) is 0 Å². The predicted molar refractivity (Wildman–Crippen MR) is 106 cm³/mol. The van der Waals surface area contributed by atoms with Crippen molar-refractivity contribution in [2.24, 2.45) is 0 Å². The smallest absolute Gasteiger partial charge is 0.321 e. The molecule has 29 heavy (non-hydrogen) atoms. The number of nitrogens with one attached hydrogen (secondary N) is 1. The van der Waals surface area contributed by atoms with Gasteiger partial charge in [0, 0.05) is 31.3 Å². The van der Waals surface area contributed by atoms with Crippen molar-refractivity contribution in [1.29, 1.82) is 0 Å². The van der Waals surface area contributed by atoms with Gasteiger partial charge in [-0.1, -0.05) is 17.3 Å². The van der Waals surface area contributed by atoms with Crippen molar-refractivity contribution < 1.29 is 13.7 Å². The molecule has 3 aromatic rings. The van der Waals surface area contributed by atoms with Gasteiger partial charge in [-0.25, -0.2) is 19.2 Å². The Morgan fingerprint density at radius 1 is 1.24 bits per heavy atom. The van der Waals surface area contributed by atoms with E-state index in [9.17, 15) is 9.18 Å². The number of hydrogen-bond donors (Lipinski definition) is 1. The van der Waals surface area contributed by atoms with Crippen LogP contribution in [0, 0.1) is 19.7 Å². The van der Waals surface area contributed by atoms with Crippen molar-refractivity contribution in [3.63, 3.8) is 0 Å². The minimum absolute atomic E-state index is 0.176. The monoisotopic (exact) mass is 395 g/mol. The number of carbonyl (C=O) groups excluding carboxylic acids is 1. The molecule has 0 aliphatic carbocycles. The van der Waals surface area contributed by atoms with Gasteiger partial charge < -0.3 is 14.7 Å². The van der Waals surface area contributed by atoms with Crippen molar-refractivity contribution in [1.82, 2.24) is 20.0 Å². The van der Waals surface area contributed by atoms with E-state index >= 15 is 0 Å². The van der Waals surface area contributed by atoms with Crippen molar-refractivity contribution in [3.8, 4) is 11.3 Å². The summed E-state index contributed by atoms with van der Waals surface area (Å²) in [5.74, 6) is 1.07. The predicted octanol–water partition coefficient (Wildman–Crippen LogP) is 4.30. The first-order valence-corrected chi connectivity index (χ1v) is 9.59. The lowest BCUT2D eigenvalue weighted by Gasteiger charge is -2.32. The highest BCUT2D eigenvalue weighted by molar-refractivity contribution is 5.89. The van der Waals surface area contributed by atoms with Crippen LogP contribution in [-0.2, 0) is 0 Å². The third-order valence-electron chi connectivity index (χ3n) is 5.12. The van der Waals surface area contributed by atoms with E-state index < -0.39 is 5.82 Å². The van der Waals surface area contributed by atoms with E-state index in [4.69, 9.17) is 4.52 Å². The summed E-state index contributed by atoms with van der Waals surface area (Å²) in [5, 5.41) is 6.61. The standard InChI is InChI=1S/C21H22FN5O2/c1-13-11-19(29-26-13)16-12-23-14(2)24-20(16)15-7-9-27(10-8-15)21(28)25-18-6-4-3-5-17(18)22/h3-6,11-12,15H,7-10H2,1-2H3,(H,25,28). The first-order valence-electron chi connectivity index (χ1n) is 9.59. The molecule has 1 saturated heterocycles. The molecule has 8 heteroatoms. The molecule has 0 atom stereocenters. The Bertz CT molecular complexity index is 1030. The summed E-state index contributed by atoms with van der Waals surface area (Å²) in [4.78, 5) is 23.2. The van der Waals surface area contributed by atoms with Crippen LogP contribution in [0.25, 0.3) is 11.3 Å². The van der Waals surface area contributed by atoms with Crippen LogP contribution >= 0.6 is 0 Å². The average Bonchev–Trinajstić information content (AvgIpc) is 3.16. The van der Waals surface area contributed by atoms with Crippen molar-refractivity contribution in [3.05, 3.63) is 59.6 Å². The number of anilines is 1. The van der Waals surface area contributed by atoms with E-state index in [1.807, 2.05) is 19.9 Å². The highest BCUT2D eigenvalue weighted by Crippen LogP contribution is 2.34. The number of benzene rings is 1. The SMILES string of the molecule is Cc1cc(-c2cnc(C)nc2C2CCN(C(=O)Nc3ccccc3F)CC2)on1. The number of urea groups is 1. The van der Waals surface area contributed by atoms with Crippen LogP contribution in [0.4, 0.5) is 14.9 Å². The second-order valence-electron chi connectivity index (χ2n) is 7.22. The summed E-state index contributed by atoms with van der Waals surface area (Å²) in [5.41, 5.74) is 2.74. The quantitative estimate of drug-likeness (QED) is 0.715. The maximum Gasteiger partial charge on any atom is 0.321 e. The fourth-order valence-electron chi connectivity index (χ4n) is 3.59. The van der Waals surface area contributed by atoms with Gasteiger partial charge in [0.1, 0.15) is 11.6 Å². The van der Waals surface area contributed by atoms with Crippen LogP contribution in [0.1, 0.15) is 36.0 Å². The number of amides is 2. The van der Waals surface area contributed by atoms with E-state index in [1.165, 1.54) is 6.07 Å². The Kier molecular flexibility index (Phi) is 5.24. The van der Waals surface area contributed by atoms with Crippen LogP contribution < -0.4 is 5.32 Å². The number of hydrogen-bond acceptors (Lipinski definition) is 5. The van der Waals surface area contributed by atoms with E-state index in [2.05, 4.69) is 20.4 Å². The fraction of sp³-hybridized carbons (Fsp3) is 0.333. The molecule has 1 fully saturated rings. The molecular formula is C21H22FN5O2. The van der Waals surface area contributed by atoms with Crippen LogP contribution in [0.2, 0.25) is 0 Å². The molecule has 2 amide bonds. The number of halogens is 1. The van der Waals surface area contributed by atoms with E-state index in [1.54, 1.807) is 29.3 Å². The van der Waals surface area contributed by atoms with Crippen LogP contribution in [0.15, 0.2) is 41.1 Å². The third kappa shape index (κ3) is 4.11. The highest BCUT2D eigenvalue weighted by Gasteiger charge is 2.28. The van der Waals surface area contributed by atoms with Gasteiger partial charge in [-0.2, -0.15) is 0 Å². The summed E-state index contributed by atoms with van der Waals surface area (Å²) in [6.07, 6.45) is 3.28. The van der Waals surface area contributed by atoms with Gasteiger partial charge in [0.2, 0.25) is 0 Å². The second kappa shape index (κ2) is 7.98. The number of carbonyl (C=O) groups is 1. The normalized spacial score (nSPS) is 14.8. The molecule has 7 nitrogen and oxygen atoms in total. The topological polar surface area (TPSA) is 84.2 Å². The minimum Gasteiger partial charge on any atom is -0.356 e. The average molecular weight is 395 g/mol. The molecule has 0 spiro atoms. The Morgan fingerprint density at radius 3 is 2.69 bits per heavy atom. The van der Waals surface area contributed by atoms with Gasteiger partial charge in [-0.05, 0) is 38.8 Å². The Hall–Kier alpha value is -3.29. The number of aromatic nitrogens is 3. The molecule has 1 aliphatic rings. The van der Waals surface area contributed by atoms with Crippen LogP contribution in [0.3, 0.4) is 0 Å². The Labute approximate surface area is 168 Å². The van der Waals surface area contributed by atoms with Crippen molar-refractivity contribution >= 4 is 11.7 Å². The first kappa shape index (κ1) is 19.0. The molecule has 1 aliphatic heterocycles. The molecule has 2 aromatic heterocycles. The first-order chi connectivity index (χ1) is 14.0. The lowest BCUT2D eigenvalue weighted by Crippen LogP contribution is -2.40. The number of piperidine rings is 1. The van der Waals surface area contributed by atoms with Gasteiger partial charge in [0.25, 0.3) is 0 Å². The van der Waals surface area contributed by atoms with E-state index in [0.717, 1.165) is 29.8 Å². The lowest BCUT2D eigenvalue weighted by molar-refractivity contribution is 0.194. The zero-order valence-corrected chi connectivity index (χ0v) is 16.4. The lowest BCUT2D eigenvalue weighted by atomic mass is 9.90. The fourth-order valence-corrected chi connectivity index (χ4v) is 3.59. The molecule has 0 radical (unpaired) electrons. The van der Waals surface area contributed by atoms with E-state index in [0.29, 0.717) is 24.7 Å². The number of rotatable bonds is 3. The third-order valence-corrected chi connectivity index (χ3v) is 5.12. The van der Waals surface area contributed by atoms with Gasteiger partial charge in [0.15, 0.2) is 5.76 Å². The molecule has 0 saturated carbocycles. The molecule has 150 valence electrons. The summed E-state index contributed by atoms with van der Waals surface area (Å²) >= 11 is 0.